The topological polar surface area (TPSA) is 94.1 Å². The van der Waals surface area contributed by atoms with E-state index in [1.54, 1.807) is 6.92 Å². The van der Waals surface area contributed by atoms with Crippen molar-refractivity contribution in [2.24, 2.45) is 0 Å². The smallest absolute Gasteiger partial charge is 0.306 e. The van der Waals surface area contributed by atoms with Gasteiger partial charge in [-0.25, -0.2) is 9.67 Å². The average Bonchev–Trinajstić information content (AvgIpc) is 3.01. The molecule has 0 fully saturated rings. The van der Waals surface area contributed by atoms with Gasteiger partial charge in [0.05, 0.1) is 11.0 Å². The Balaban J connectivity index is 2.61. The standard InChI is InChI=1S/C12H16N4O3S/c1-4-10-13-11(5-2)15(14-10)12-8(16(18)19)6-9(20-12)7(3)17/h6-7,17H,4-5H2,1-3H3/t7-/m1/s1. The molecule has 7 nitrogen and oxygen atoms in total. The monoisotopic (exact) mass is 296 g/mol. The fourth-order valence-corrected chi connectivity index (χ4v) is 2.85. The van der Waals surface area contributed by atoms with Crippen LogP contribution in [0.3, 0.4) is 0 Å². The zero-order chi connectivity index (χ0) is 14.9. The number of aliphatic hydroxyl groups is 1. The van der Waals surface area contributed by atoms with Crippen LogP contribution < -0.4 is 0 Å². The molecular weight excluding hydrogens is 280 g/mol. The number of aliphatic hydroxyl groups excluding tert-OH is 1. The second-order valence-corrected chi connectivity index (χ2v) is 5.40. The number of nitrogens with zero attached hydrogens (tertiary/aromatic N) is 4. The van der Waals surface area contributed by atoms with E-state index in [4.69, 9.17) is 0 Å². The molecule has 0 aliphatic carbocycles. The predicted octanol–water partition coefficient (Wildman–Crippen LogP) is 2.42. The van der Waals surface area contributed by atoms with Gasteiger partial charge in [0.15, 0.2) is 10.8 Å². The molecule has 1 atom stereocenters. The molecule has 2 aromatic heterocycles. The van der Waals surface area contributed by atoms with Gasteiger partial charge in [0.25, 0.3) is 0 Å². The van der Waals surface area contributed by atoms with Crippen molar-refractivity contribution in [1.82, 2.24) is 14.8 Å². The highest BCUT2D eigenvalue weighted by Gasteiger charge is 2.25. The van der Waals surface area contributed by atoms with Crippen LogP contribution in [0.4, 0.5) is 5.69 Å². The van der Waals surface area contributed by atoms with Crippen LogP contribution in [0.25, 0.3) is 5.00 Å². The third kappa shape index (κ3) is 2.56. The highest BCUT2D eigenvalue weighted by Crippen LogP contribution is 2.36. The highest BCUT2D eigenvalue weighted by atomic mass is 32.1. The summed E-state index contributed by atoms with van der Waals surface area (Å²) in [6.45, 7) is 5.44. The fourth-order valence-electron chi connectivity index (χ4n) is 1.81. The van der Waals surface area contributed by atoms with Crippen LogP contribution in [0.5, 0.6) is 0 Å². The summed E-state index contributed by atoms with van der Waals surface area (Å²) in [7, 11) is 0. The highest BCUT2D eigenvalue weighted by molar-refractivity contribution is 7.15. The summed E-state index contributed by atoms with van der Waals surface area (Å²) in [5, 5.41) is 25.5. The first-order valence-electron chi connectivity index (χ1n) is 6.39. The second-order valence-electron chi connectivity index (χ2n) is 4.34. The average molecular weight is 296 g/mol. The number of thiophene rings is 1. The zero-order valence-corrected chi connectivity index (χ0v) is 12.3. The molecule has 0 saturated heterocycles. The second kappa shape index (κ2) is 5.68. The SMILES string of the molecule is CCc1nc(CC)n(-c2sc([C@@H](C)O)cc2[N+](=O)[O-])n1. The first-order chi connectivity index (χ1) is 9.47. The first-order valence-corrected chi connectivity index (χ1v) is 7.20. The lowest BCUT2D eigenvalue weighted by Gasteiger charge is -2.00. The molecule has 0 aliphatic rings. The minimum Gasteiger partial charge on any atom is -0.388 e. The number of nitro groups is 1. The lowest BCUT2D eigenvalue weighted by Crippen LogP contribution is -2.02. The van der Waals surface area contributed by atoms with Crippen LogP contribution in [0.2, 0.25) is 0 Å². The maximum absolute atomic E-state index is 11.2. The van der Waals surface area contributed by atoms with Crippen LogP contribution in [0, 0.1) is 10.1 Å². The Hall–Kier alpha value is -1.80. The Morgan fingerprint density at radius 2 is 2.20 bits per heavy atom. The van der Waals surface area contributed by atoms with Crippen molar-refractivity contribution in [1.29, 1.82) is 0 Å². The Morgan fingerprint density at radius 1 is 1.50 bits per heavy atom. The molecule has 0 aliphatic heterocycles. The normalized spacial score (nSPS) is 12.6. The molecule has 0 bridgehead atoms. The molecule has 1 N–H and O–H groups in total. The van der Waals surface area contributed by atoms with Gasteiger partial charge < -0.3 is 5.11 Å². The maximum Gasteiger partial charge on any atom is 0.306 e. The van der Waals surface area contributed by atoms with Crippen molar-refractivity contribution in [2.75, 3.05) is 0 Å². The van der Waals surface area contributed by atoms with Gasteiger partial charge in [-0.2, -0.15) is 5.10 Å². The molecule has 8 heteroatoms. The summed E-state index contributed by atoms with van der Waals surface area (Å²) in [5.41, 5.74) is -0.0480. The van der Waals surface area contributed by atoms with Crippen molar-refractivity contribution in [3.63, 3.8) is 0 Å². The molecule has 0 unspecified atom stereocenters. The molecule has 0 radical (unpaired) electrons. The van der Waals surface area contributed by atoms with Gasteiger partial charge >= 0.3 is 5.69 Å². The van der Waals surface area contributed by atoms with Crippen LogP contribution in [-0.2, 0) is 12.8 Å². The van der Waals surface area contributed by atoms with Crippen molar-refractivity contribution >= 4 is 17.0 Å². The van der Waals surface area contributed by atoms with Gasteiger partial charge in [-0.05, 0) is 6.92 Å². The van der Waals surface area contributed by atoms with E-state index < -0.39 is 11.0 Å². The molecule has 0 spiro atoms. The Kier molecular flexibility index (Phi) is 4.15. The number of aromatic nitrogens is 3. The number of aryl methyl sites for hydroxylation is 2. The summed E-state index contributed by atoms with van der Waals surface area (Å²) in [6, 6.07) is 1.40. The van der Waals surface area contributed by atoms with E-state index in [9.17, 15) is 15.2 Å². The van der Waals surface area contributed by atoms with E-state index in [1.807, 2.05) is 13.8 Å². The first kappa shape index (κ1) is 14.6. The van der Waals surface area contributed by atoms with Crippen LogP contribution in [0.1, 0.15) is 43.4 Å². The van der Waals surface area contributed by atoms with Gasteiger partial charge in [-0.15, -0.1) is 11.3 Å². The largest absolute Gasteiger partial charge is 0.388 e. The summed E-state index contributed by atoms with van der Waals surface area (Å²) in [5.74, 6) is 1.34. The van der Waals surface area contributed by atoms with E-state index in [2.05, 4.69) is 10.1 Å². The van der Waals surface area contributed by atoms with Crippen LogP contribution in [-0.4, -0.2) is 24.8 Å². The lowest BCUT2D eigenvalue weighted by molar-refractivity contribution is -0.384. The molecular formula is C12H16N4O3S. The van der Waals surface area contributed by atoms with Gasteiger partial charge in [-0.3, -0.25) is 10.1 Å². The van der Waals surface area contributed by atoms with E-state index >= 15 is 0 Å². The van der Waals surface area contributed by atoms with E-state index in [1.165, 1.54) is 22.1 Å². The van der Waals surface area contributed by atoms with Crippen LogP contribution >= 0.6 is 11.3 Å². The van der Waals surface area contributed by atoms with Crippen molar-refractivity contribution < 1.29 is 10.0 Å². The summed E-state index contributed by atoms with van der Waals surface area (Å²) in [4.78, 5) is 15.6. The Bertz CT molecular complexity index is 633. The molecule has 108 valence electrons. The molecule has 0 saturated carbocycles. The van der Waals surface area contributed by atoms with Crippen molar-refractivity contribution in [3.05, 3.63) is 32.7 Å². The molecule has 2 aromatic rings. The third-order valence-electron chi connectivity index (χ3n) is 2.86. The molecule has 2 heterocycles. The number of rotatable bonds is 5. The van der Waals surface area contributed by atoms with Crippen molar-refractivity contribution in [3.8, 4) is 5.00 Å². The molecule has 0 aromatic carbocycles. The Labute approximate surface area is 120 Å². The van der Waals surface area contributed by atoms with E-state index in [0.717, 1.165) is 0 Å². The van der Waals surface area contributed by atoms with Crippen LogP contribution in [0.15, 0.2) is 6.07 Å². The molecule has 0 amide bonds. The summed E-state index contributed by atoms with van der Waals surface area (Å²) in [6.07, 6.45) is 0.556. The predicted molar refractivity (Wildman–Crippen MR) is 75.3 cm³/mol. The zero-order valence-electron chi connectivity index (χ0n) is 11.5. The number of hydrogen-bond donors (Lipinski definition) is 1. The van der Waals surface area contributed by atoms with Crippen molar-refractivity contribution in [2.45, 2.75) is 39.7 Å². The van der Waals surface area contributed by atoms with Gasteiger partial charge in [0.2, 0.25) is 0 Å². The van der Waals surface area contributed by atoms with E-state index in [-0.39, 0.29) is 5.69 Å². The van der Waals surface area contributed by atoms with Gasteiger partial charge in [0, 0.05) is 23.8 Å². The number of hydrogen-bond acceptors (Lipinski definition) is 6. The minimum atomic E-state index is -0.744. The Morgan fingerprint density at radius 3 is 2.70 bits per heavy atom. The molecule has 2 rings (SSSR count). The summed E-state index contributed by atoms with van der Waals surface area (Å²) >= 11 is 1.17. The lowest BCUT2D eigenvalue weighted by atomic mass is 10.3. The summed E-state index contributed by atoms with van der Waals surface area (Å²) < 4.78 is 1.52. The van der Waals surface area contributed by atoms with Gasteiger partial charge in [-0.1, -0.05) is 13.8 Å². The van der Waals surface area contributed by atoms with Gasteiger partial charge in [0.1, 0.15) is 5.82 Å². The minimum absolute atomic E-state index is 0.0480. The third-order valence-corrected chi connectivity index (χ3v) is 4.13. The fraction of sp³-hybridized carbons (Fsp3) is 0.500. The molecule has 20 heavy (non-hydrogen) atoms. The quantitative estimate of drug-likeness (QED) is 0.675. The maximum atomic E-state index is 11.2. The van der Waals surface area contributed by atoms with E-state index in [0.29, 0.717) is 34.4 Å².